The van der Waals surface area contributed by atoms with Crippen LogP contribution in [0, 0.1) is 0 Å². The number of hydrogen-bond acceptors (Lipinski definition) is 6. The Balaban J connectivity index is -0.000000602. The van der Waals surface area contributed by atoms with Crippen LogP contribution in [0.2, 0.25) is 0 Å². The van der Waals surface area contributed by atoms with E-state index in [1.165, 1.54) is 0 Å². The third kappa shape index (κ3) is 17.2. The Labute approximate surface area is 192 Å². The van der Waals surface area contributed by atoms with Gasteiger partial charge in [0.05, 0.1) is 12.8 Å². The number of carboxylic acids is 4. The molecule has 0 unspecified atom stereocenters. The molecule has 2 atom stereocenters. The van der Waals surface area contributed by atoms with E-state index in [1.807, 2.05) is 0 Å². The molecule has 0 aromatic heterocycles. The van der Waals surface area contributed by atoms with Crippen molar-refractivity contribution >= 4 is 46.9 Å². The number of rotatable bonds is 11. The van der Waals surface area contributed by atoms with Crippen LogP contribution in [-0.4, -0.2) is 92.5 Å². The topological polar surface area (TPSA) is 173 Å². The quantitative estimate of drug-likeness (QED) is 0.153. The molecule has 0 aromatic carbocycles. The molecular formula is C10H16MgN2Na2O8+4. The van der Waals surface area contributed by atoms with Crippen LogP contribution in [0.5, 0.6) is 0 Å². The number of carboxylic acid groups (broad SMARTS) is 4. The van der Waals surface area contributed by atoms with Gasteiger partial charge in [0.1, 0.15) is 12.1 Å². The van der Waals surface area contributed by atoms with Crippen LogP contribution in [0.1, 0.15) is 12.8 Å². The van der Waals surface area contributed by atoms with Gasteiger partial charge in [0.2, 0.25) is 0 Å². The summed E-state index contributed by atoms with van der Waals surface area (Å²) in [6.07, 6.45) is -1.24. The van der Waals surface area contributed by atoms with Crippen molar-refractivity contribution in [3.05, 3.63) is 0 Å². The smallest absolute Gasteiger partial charge is 0.481 e. The minimum absolute atomic E-state index is 0. The summed E-state index contributed by atoms with van der Waals surface area (Å²) in [7, 11) is 0. The van der Waals surface area contributed by atoms with Crippen molar-refractivity contribution in [2.75, 3.05) is 13.1 Å². The molecule has 0 saturated heterocycles. The van der Waals surface area contributed by atoms with E-state index in [-0.39, 0.29) is 95.3 Å². The maximum Gasteiger partial charge on any atom is 2.00 e. The molecule has 0 radical (unpaired) electrons. The number of hydrogen-bond donors (Lipinski definition) is 6. The van der Waals surface area contributed by atoms with Crippen LogP contribution < -0.4 is 69.7 Å². The average molecular weight is 363 g/mol. The van der Waals surface area contributed by atoms with Crippen LogP contribution in [0.3, 0.4) is 0 Å². The number of aliphatic carboxylic acids is 4. The normalized spacial score (nSPS) is 11.7. The second kappa shape index (κ2) is 17.4. The molecule has 0 spiro atoms. The van der Waals surface area contributed by atoms with Gasteiger partial charge in [-0.15, -0.1) is 0 Å². The van der Waals surface area contributed by atoms with E-state index in [0.717, 1.165) is 0 Å². The molecule has 0 aliphatic carbocycles. The molecule has 0 aliphatic rings. The molecule has 0 fully saturated rings. The van der Waals surface area contributed by atoms with Crippen molar-refractivity contribution in [3.63, 3.8) is 0 Å². The molecule has 0 amide bonds. The molecule has 23 heavy (non-hydrogen) atoms. The number of carbonyl (C=O) groups is 4. The second-order valence-electron chi connectivity index (χ2n) is 3.89. The predicted molar refractivity (Wildman–Crippen MR) is 69.1 cm³/mol. The van der Waals surface area contributed by atoms with E-state index in [4.69, 9.17) is 20.4 Å². The molecule has 0 saturated carbocycles. The fraction of sp³-hybridized carbons (Fsp3) is 0.600. The van der Waals surface area contributed by atoms with Gasteiger partial charge in [0, 0.05) is 13.1 Å². The van der Waals surface area contributed by atoms with E-state index in [0.29, 0.717) is 0 Å². The van der Waals surface area contributed by atoms with Gasteiger partial charge in [-0.05, 0) is 0 Å². The minimum Gasteiger partial charge on any atom is -0.481 e. The van der Waals surface area contributed by atoms with Crippen LogP contribution in [-0.2, 0) is 19.2 Å². The Bertz CT molecular complexity index is 363. The zero-order valence-electron chi connectivity index (χ0n) is 13.1. The molecule has 13 heteroatoms. The Kier molecular flexibility index (Phi) is 23.7. The van der Waals surface area contributed by atoms with Gasteiger partial charge >= 0.3 is 106 Å². The largest absolute Gasteiger partial charge is 2.00 e. The zero-order chi connectivity index (χ0) is 15.7. The first-order valence-electron chi connectivity index (χ1n) is 5.60. The molecule has 0 rings (SSSR count). The molecular weight excluding hydrogens is 346 g/mol. The summed E-state index contributed by atoms with van der Waals surface area (Å²) in [4.78, 5) is 42.2. The number of nitrogens with one attached hydrogen (secondary N) is 2. The fourth-order valence-corrected chi connectivity index (χ4v) is 1.34. The molecule has 0 aromatic rings. The van der Waals surface area contributed by atoms with Crippen molar-refractivity contribution in [2.24, 2.45) is 0 Å². The van der Waals surface area contributed by atoms with Gasteiger partial charge in [-0.2, -0.15) is 0 Å². The van der Waals surface area contributed by atoms with Crippen molar-refractivity contribution in [1.82, 2.24) is 10.6 Å². The van der Waals surface area contributed by atoms with Crippen molar-refractivity contribution < 1.29 is 98.7 Å². The molecule has 114 valence electrons. The van der Waals surface area contributed by atoms with Crippen LogP contribution >= 0.6 is 0 Å². The average Bonchev–Trinajstić information content (AvgIpc) is 2.29. The first kappa shape index (κ1) is 31.3. The van der Waals surface area contributed by atoms with E-state index in [9.17, 15) is 19.2 Å². The molecule has 0 bridgehead atoms. The monoisotopic (exact) mass is 362 g/mol. The van der Waals surface area contributed by atoms with Gasteiger partial charge in [-0.25, -0.2) is 0 Å². The van der Waals surface area contributed by atoms with Gasteiger partial charge in [-0.3, -0.25) is 19.2 Å². The Morgan fingerprint density at radius 1 is 0.696 bits per heavy atom. The van der Waals surface area contributed by atoms with Crippen LogP contribution in [0.4, 0.5) is 0 Å². The maximum atomic E-state index is 10.7. The van der Waals surface area contributed by atoms with E-state index in [1.54, 1.807) is 0 Å². The van der Waals surface area contributed by atoms with E-state index >= 15 is 0 Å². The Morgan fingerprint density at radius 2 is 0.957 bits per heavy atom. The Morgan fingerprint density at radius 3 is 1.13 bits per heavy atom. The molecule has 0 heterocycles. The summed E-state index contributed by atoms with van der Waals surface area (Å²) in [6.45, 7) is -0.0404. The summed E-state index contributed by atoms with van der Waals surface area (Å²) in [5.74, 6) is -5.25. The van der Waals surface area contributed by atoms with Crippen LogP contribution in [0.15, 0.2) is 0 Å². The summed E-state index contributed by atoms with van der Waals surface area (Å²) in [6, 6.07) is -2.59. The summed E-state index contributed by atoms with van der Waals surface area (Å²) in [5, 5.41) is 39.2. The third-order valence-corrected chi connectivity index (χ3v) is 2.26. The SMILES string of the molecule is O=C(O)C[C@H](NCCN[C@@H](CC(=O)O)C(=O)O)C(=O)O.[Mg+2].[Na+].[Na+]. The van der Waals surface area contributed by atoms with Crippen molar-refractivity contribution in [1.29, 1.82) is 0 Å². The Hall–Kier alpha value is 0.566. The first-order valence-corrected chi connectivity index (χ1v) is 5.60. The van der Waals surface area contributed by atoms with Crippen molar-refractivity contribution in [2.45, 2.75) is 24.9 Å². The maximum absolute atomic E-state index is 10.7. The molecule has 6 N–H and O–H groups in total. The zero-order valence-corrected chi connectivity index (χ0v) is 18.5. The summed E-state index contributed by atoms with van der Waals surface area (Å²) in [5.41, 5.74) is 0. The second-order valence-corrected chi connectivity index (χ2v) is 3.89. The third-order valence-electron chi connectivity index (χ3n) is 2.26. The van der Waals surface area contributed by atoms with Crippen molar-refractivity contribution in [3.8, 4) is 0 Å². The predicted octanol–water partition coefficient (Wildman–Crippen LogP) is -8.35. The van der Waals surface area contributed by atoms with Gasteiger partial charge < -0.3 is 31.1 Å². The molecule has 0 aliphatic heterocycles. The fourth-order valence-electron chi connectivity index (χ4n) is 1.34. The van der Waals surface area contributed by atoms with Gasteiger partial charge in [0.15, 0.2) is 0 Å². The molecule has 10 nitrogen and oxygen atoms in total. The van der Waals surface area contributed by atoms with E-state index < -0.39 is 48.8 Å². The minimum atomic E-state index is -1.34. The summed E-state index contributed by atoms with van der Waals surface area (Å²) >= 11 is 0. The van der Waals surface area contributed by atoms with Gasteiger partial charge in [-0.1, -0.05) is 0 Å². The van der Waals surface area contributed by atoms with Crippen LogP contribution in [0.25, 0.3) is 0 Å². The van der Waals surface area contributed by atoms with Gasteiger partial charge in [0.25, 0.3) is 0 Å². The summed E-state index contributed by atoms with van der Waals surface area (Å²) < 4.78 is 0. The first-order chi connectivity index (χ1) is 9.23. The van der Waals surface area contributed by atoms with E-state index in [2.05, 4.69) is 10.6 Å². The standard InChI is InChI=1S/C10H16N2O8.Mg.2Na/c13-7(14)3-5(9(17)18)11-1-2-12-6(10(19)20)4-8(15)16;;;/h5-6,11-12H,1-4H2,(H,13,14)(H,15,16)(H,17,18)(H,19,20);;;/q;+2;2*+1/t5-,6-;;;/m0.../s1.